The van der Waals surface area contributed by atoms with E-state index in [1.54, 1.807) is 14.2 Å². The first-order valence-electron chi connectivity index (χ1n) is 15.2. The Kier molecular flexibility index (Phi) is 7.47. The van der Waals surface area contributed by atoms with E-state index in [2.05, 4.69) is 19.6 Å². The second kappa shape index (κ2) is 11.6. The third-order valence-electron chi connectivity index (χ3n) is 9.28. The zero-order valence-corrected chi connectivity index (χ0v) is 25.7. The second-order valence-corrected chi connectivity index (χ2v) is 11.7. The number of fused-ring (bicyclic) bond motifs is 2. The molecule has 5 heterocycles. The van der Waals surface area contributed by atoms with Crippen LogP contribution in [0.15, 0.2) is 54.9 Å². The van der Waals surface area contributed by atoms with E-state index in [0.29, 0.717) is 29.1 Å². The zero-order chi connectivity index (χ0) is 30.4. The Hall–Kier alpha value is -4.41. The number of methoxy groups -OCH3 is 2. The summed E-state index contributed by atoms with van der Waals surface area (Å²) >= 11 is 0. The maximum absolute atomic E-state index is 13.5. The summed E-state index contributed by atoms with van der Waals surface area (Å²) in [6, 6.07) is 14.0. The number of aromatic nitrogens is 4. The lowest BCUT2D eigenvalue weighted by Gasteiger charge is -2.30. The van der Waals surface area contributed by atoms with E-state index in [9.17, 15) is 4.79 Å². The second-order valence-electron chi connectivity index (χ2n) is 11.7. The van der Waals surface area contributed by atoms with E-state index < -0.39 is 0 Å². The quantitative estimate of drug-likeness (QED) is 0.268. The first-order chi connectivity index (χ1) is 21.5. The van der Waals surface area contributed by atoms with E-state index in [1.165, 1.54) is 0 Å². The fourth-order valence-corrected chi connectivity index (χ4v) is 6.95. The number of aryl methyl sites for hydroxylation is 2. The molecular weight excluding hydrogens is 556 g/mol. The number of hydrogen-bond acceptors (Lipinski definition) is 7. The minimum absolute atomic E-state index is 0.234. The van der Waals surface area contributed by atoms with Crippen LogP contribution in [-0.4, -0.2) is 76.3 Å². The number of likely N-dealkylation sites (tertiary alicyclic amines) is 1. The molecule has 0 bridgehead atoms. The molecule has 10 heteroatoms. The summed E-state index contributed by atoms with van der Waals surface area (Å²) in [5.41, 5.74) is 5.72. The molecule has 2 aromatic carbocycles. The molecule has 1 atom stereocenters. The van der Waals surface area contributed by atoms with Gasteiger partial charge >= 0.3 is 0 Å². The number of hydrogen-bond donors (Lipinski definition) is 1. The monoisotopic (exact) mass is 594 g/mol. The number of benzene rings is 2. The normalized spacial score (nSPS) is 17.9. The van der Waals surface area contributed by atoms with Crippen molar-refractivity contribution in [1.82, 2.24) is 23.8 Å². The van der Waals surface area contributed by atoms with Crippen LogP contribution in [-0.2, 0) is 11.8 Å². The molecule has 1 N–H and O–H groups in total. The molecule has 0 spiro atoms. The van der Waals surface area contributed by atoms with E-state index in [0.717, 1.165) is 90.5 Å². The van der Waals surface area contributed by atoms with Crippen molar-refractivity contribution >= 4 is 28.0 Å². The molecule has 2 fully saturated rings. The van der Waals surface area contributed by atoms with Crippen LogP contribution in [0.2, 0.25) is 0 Å². The number of nitrogens with zero attached hydrogens (tertiary/aromatic N) is 5. The van der Waals surface area contributed by atoms with Crippen molar-refractivity contribution in [1.29, 1.82) is 0 Å². The van der Waals surface area contributed by atoms with Crippen LogP contribution >= 0.6 is 0 Å². The van der Waals surface area contributed by atoms with Gasteiger partial charge in [-0.1, -0.05) is 12.1 Å². The largest absolute Gasteiger partial charge is 0.496 e. The molecule has 0 saturated carbocycles. The van der Waals surface area contributed by atoms with Gasteiger partial charge in [0, 0.05) is 62.1 Å². The summed E-state index contributed by atoms with van der Waals surface area (Å²) in [4.78, 5) is 26.0. The summed E-state index contributed by atoms with van der Waals surface area (Å²) < 4.78 is 21.0. The van der Waals surface area contributed by atoms with Gasteiger partial charge in [-0.05, 0) is 63.1 Å². The highest BCUT2D eigenvalue weighted by Gasteiger charge is 2.33. The van der Waals surface area contributed by atoms with Crippen LogP contribution in [0.5, 0.6) is 11.5 Å². The van der Waals surface area contributed by atoms with Crippen LogP contribution in [0.4, 0.5) is 5.69 Å². The number of imidazole rings is 1. The fraction of sp³-hybridized carbons (Fsp3) is 0.382. The molecule has 1 amide bonds. The van der Waals surface area contributed by atoms with Gasteiger partial charge in [-0.15, -0.1) is 0 Å². The zero-order valence-electron chi connectivity index (χ0n) is 25.7. The molecular formula is C34H38N6O4. The van der Waals surface area contributed by atoms with Crippen molar-refractivity contribution in [3.63, 3.8) is 0 Å². The molecule has 0 radical (unpaired) electrons. The fourth-order valence-electron chi connectivity index (χ4n) is 6.95. The lowest BCUT2D eigenvalue weighted by Crippen LogP contribution is -2.37. The van der Waals surface area contributed by atoms with Crippen LogP contribution < -0.4 is 14.8 Å². The van der Waals surface area contributed by atoms with Gasteiger partial charge in [0.2, 0.25) is 0 Å². The Labute approximate surface area is 256 Å². The Morgan fingerprint density at radius 3 is 2.66 bits per heavy atom. The summed E-state index contributed by atoms with van der Waals surface area (Å²) in [6.45, 7) is 5.80. The summed E-state index contributed by atoms with van der Waals surface area (Å²) in [7, 11) is 5.12. The summed E-state index contributed by atoms with van der Waals surface area (Å²) in [5, 5.41) is 3.94. The Morgan fingerprint density at radius 2 is 1.86 bits per heavy atom. The lowest BCUT2D eigenvalue weighted by molar-refractivity contribution is 0.0419. The molecule has 3 aromatic heterocycles. The van der Waals surface area contributed by atoms with Crippen LogP contribution in [0.3, 0.4) is 0 Å². The molecule has 7 rings (SSSR count). The number of carbonyl (C=O) groups is 1. The number of carbonyl (C=O) groups excluding carboxylic acids is 1. The van der Waals surface area contributed by atoms with Crippen molar-refractivity contribution < 1.29 is 19.0 Å². The first-order valence-corrected chi connectivity index (χ1v) is 15.2. The Morgan fingerprint density at radius 1 is 1.05 bits per heavy atom. The van der Waals surface area contributed by atoms with Crippen molar-refractivity contribution in [2.24, 2.45) is 7.05 Å². The van der Waals surface area contributed by atoms with E-state index in [4.69, 9.17) is 19.2 Å². The number of amides is 1. The molecule has 10 nitrogen and oxygen atoms in total. The van der Waals surface area contributed by atoms with E-state index in [-0.39, 0.29) is 5.91 Å². The molecule has 44 heavy (non-hydrogen) atoms. The van der Waals surface area contributed by atoms with Crippen molar-refractivity contribution in [2.45, 2.75) is 38.1 Å². The van der Waals surface area contributed by atoms with Crippen molar-refractivity contribution in [3.8, 4) is 22.8 Å². The number of rotatable bonds is 7. The minimum Gasteiger partial charge on any atom is -0.496 e. The summed E-state index contributed by atoms with van der Waals surface area (Å²) in [5.74, 6) is 2.45. The van der Waals surface area contributed by atoms with Crippen LogP contribution in [0.25, 0.3) is 27.7 Å². The van der Waals surface area contributed by atoms with Crippen LogP contribution in [0, 0.1) is 6.92 Å². The minimum atomic E-state index is -0.234. The third kappa shape index (κ3) is 4.88. The highest BCUT2D eigenvalue weighted by Crippen LogP contribution is 2.37. The molecule has 0 aliphatic carbocycles. The van der Waals surface area contributed by atoms with Gasteiger partial charge in [0.25, 0.3) is 5.91 Å². The maximum atomic E-state index is 13.5. The van der Waals surface area contributed by atoms with Crippen molar-refractivity contribution in [2.75, 3.05) is 45.8 Å². The van der Waals surface area contributed by atoms with E-state index >= 15 is 0 Å². The molecule has 5 aromatic rings. The number of nitrogens with one attached hydrogen (secondary N) is 1. The number of anilines is 1. The van der Waals surface area contributed by atoms with E-state index in [1.807, 2.05) is 73.4 Å². The van der Waals surface area contributed by atoms with Gasteiger partial charge in [0.15, 0.2) is 0 Å². The predicted molar refractivity (Wildman–Crippen MR) is 170 cm³/mol. The predicted octanol–water partition coefficient (Wildman–Crippen LogP) is 5.43. The molecule has 228 valence electrons. The Balaban J connectivity index is 1.19. The first kappa shape index (κ1) is 28.4. The lowest BCUT2D eigenvalue weighted by atomic mass is 10.1. The Bertz CT molecular complexity index is 1850. The van der Waals surface area contributed by atoms with Gasteiger partial charge < -0.3 is 24.1 Å². The SMILES string of the molecule is COc1cc(-c2nc([C@H]3CCN(C4CCOCC4)C3)n3ccnc(C)c23)ccc1NC(=O)c1cc2c(OC)cccc2n1C. The smallest absolute Gasteiger partial charge is 0.272 e. The van der Waals surface area contributed by atoms with Gasteiger partial charge in [-0.3, -0.25) is 19.1 Å². The average molecular weight is 595 g/mol. The standard InChI is InChI=1S/C34H38N6O4/c1-21-32-31(37-33(40(32)15-13-35-21)23-10-14-39(20-23)24-11-16-44-17-12-24)22-8-9-26(30(18-22)43-4)36-34(41)28-19-25-27(38(28)2)6-5-7-29(25)42-3/h5-9,13,15,18-19,23-24H,10-12,14,16-17,20H2,1-4H3,(H,36,41)/t23-/m0/s1. The van der Waals surface area contributed by atoms with Gasteiger partial charge in [0.05, 0.1) is 42.3 Å². The molecule has 2 saturated heterocycles. The van der Waals surface area contributed by atoms with Gasteiger partial charge in [-0.2, -0.15) is 0 Å². The highest BCUT2D eigenvalue weighted by molar-refractivity contribution is 6.08. The molecule has 2 aliphatic rings. The van der Waals surface area contributed by atoms with Gasteiger partial charge in [0.1, 0.15) is 23.0 Å². The van der Waals surface area contributed by atoms with Crippen LogP contribution in [0.1, 0.15) is 47.2 Å². The van der Waals surface area contributed by atoms with Crippen molar-refractivity contribution in [3.05, 3.63) is 72.1 Å². The summed E-state index contributed by atoms with van der Waals surface area (Å²) in [6.07, 6.45) is 7.15. The number of ether oxygens (including phenoxy) is 3. The molecule has 0 unspecified atom stereocenters. The third-order valence-corrected chi connectivity index (χ3v) is 9.28. The molecule has 2 aliphatic heterocycles. The van der Waals surface area contributed by atoms with Gasteiger partial charge in [-0.25, -0.2) is 4.98 Å². The topological polar surface area (TPSA) is 95.2 Å². The average Bonchev–Trinajstić information content (AvgIpc) is 3.78. The highest BCUT2D eigenvalue weighted by atomic mass is 16.5. The maximum Gasteiger partial charge on any atom is 0.272 e.